The lowest BCUT2D eigenvalue weighted by molar-refractivity contribution is -0.137. The number of carbonyl (C=O) groups excluding carboxylic acids is 1. The lowest BCUT2D eigenvalue weighted by Crippen LogP contribution is -2.39. The first-order chi connectivity index (χ1) is 19.7. The first kappa shape index (κ1) is 31.1. The number of alkyl halides is 3. The van der Waals surface area contributed by atoms with Crippen molar-refractivity contribution in [2.45, 2.75) is 31.8 Å². The van der Waals surface area contributed by atoms with Crippen LogP contribution in [-0.4, -0.2) is 31.7 Å². The van der Waals surface area contributed by atoms with Gasteiger partial charge in [-0.25, -0.2) is 13.8 Å². The van der Waals surface area contributed by atoms with Crippen LogP contribution in [0, 0.1) is 20.8 Å². The standard InChI is InChI=1S/C29H25Cl2F3N4O3S/c1-18-7-9-27(10-8-18)42(40,41)37(25-6-4-5-22(12-25)29(32,33)34)17-28(39)36-35-16-21-11-19(2)38(20(21)3)26-14-23(30)13-24(31)15-26/h4-16H,17H2,1-3H3,(H,36,39)/b35-16-. The Balaban J connectivity index is 1.60. The predicted octanol–water partition coefficient (Wildman–Crippen LogP) is 7.07. The number of carbonyl (C=O) groups is 1. The molecule has 4 aromatic rings. The van der Waals surface area contributed by atoms with Crippen LogP contribution in [0.5, 0.6) is 0 Å². The minimum absolute atomic E-state index is 0.185. The van der Waals surface area contributed by atoms with Gasteiger partial charge >= 0.3 is 6.18 Å². The molecule has 1 N–H and O–H groups in total. The minimum Gasteiger partial charge on any atom is -0.318 e. The second-order valence-electron chi connectivity index (χ2n) is 9.46. The molecule has 42 heavy (non-hydrogen) atoms. The van der Waals surface area contributed by atoms with Crippen LogP contribution in [-0.2, 0) is 21.0 Å². The van der Waals surface area contributed by atoms with Gasteiger partial charge in [-0.3, -0.25) is 9.10 Å². The number of amides is 1. The molecule has 1 amide bonds. The van der Waals surface area contributed by atoms with Gasteiger partial charge in [0.1, 0.15) is 6.54 Å². The molecule has 1 heterocycles. The smallest absolute Gasteiger partial charge is 0.318 e. The molecule has 13 heteroatoms. The Hall–Kier alpha value is -3.80. The number of nitrogens with zero attached hydrogens (tertiary/aromatic N) is 3. The number of hydrogen-bond acceptors (Lipinski definition) is 4. The summed E-state index contributed by atoms with van der Waals surface area (Å²) in [6.07, 6.45) is -3.34. The molecular weight excluding hydrogens is 612 g/mol. The summed E-state index contributed by atoms with van der Waals surface area (Å²) in [7, 11) is -4.42. The molecular formula is C29H25Cl2F3N4O3S. The maximum Gasteiger partial charge on any atom is 0.416 e. The van der Waals surface area contributed by atoms with E-state index in [0.29, 0.717) is 26.0 Å². The topological polar surface area (TPSA) is 83.8 Å². The lowest BCUT2D eigenvalue weighted by atomic mass is 10.2. The molecule has 0 spiro atoms. The van der Waals surface area contributed by atoms with Gasteiger partial charge in [-0.15, -0.1) is 0 Å². The van der Waals surface area contributed by atoms with Crippen molar-refractivity contribution in [2.24, 2.45) is 5.10 Å². The third kappa shape index (κ3) is 6.97. The Morgan fingerprint density at radius 2 is 1.62 bits per heavy atom. The quantitative estimate of drug-likeness (QED) is 0.166. The fraction of sp³-hybridized carbons (Fsp3) is 0.172. The second-order valence-corrected chi connectivity index (χ2v) is 12.2. The summed E-state index contributed by atoms with van der Waals surface area (Å²) >= 11 is 12.3. The number of hydrogen-bond donors (Lipinski definition) is 1. The normalized spacial score (nSPS) is 12.1. The minimum atomic E-state index is -4.72. The molecule has 0 fully saturated rings. The van der Waals surface area contributed by atoms with E-state index in [1.807, 2.05) is 24.5 Å². The molecule has 0 saturated heterocycles. The average Bonchev–Trinajstić information content (AvgIpc) is 3.19. The zero-order valence-electron chi connectivity index (χ0n) is 22.6. The van der Waals surface area contributed by atoms with Gasteiger partial charge in [-0.2, -0.15) is 18.3 Å². The van der Waals surface area contributed by atoms with Crippen LogP contribution in [0.1, 0.15) is 28.1 Å². The van der Waals surface area contributed by atoms with Gasteiger partial charge in [0.25, 0.3) is 15.9 Å². The molecule has 0 bridgehead atoms. The maximum atomic E-state index is 13.5. The van der Waals surface area contributed by atoms with Crippen LogP contribution in [0.25, 0.3) is 5.69 Å². The van der Waals surface area contributed by atoms with Crippen LogP contribution in [0.15, 0.2) is 82.8 Å². The number of hydrazone groups is 1. The lowest BCUT2D eigenvalue weighted by Gasteiger charge is -2.24. The van der Waals surface area contributed by atoms with Crippen LogP contribution < -0.4 is 9.73 Å². The third-order valence-electron chi connectivity index (χ3n) is 6.33. The largest absolute Gasteiger partial charge is 0.416 e. The van der Waals surface area contributed by atoms with Crippen molar-refractivity contribution in [1.29, 1.82) is 0 Å². The zero-order chi connectivity index (χ0) is 30.8. The Morgan fingerprint density at radius 1 is 0.976 bits per heavy atom. The molecule has 220 valence electrons. The first-order valence-corrected chi connectivity index (χ1v) is 14.6. The summed E-state index contributed by atoms with van der Waals surface area (Å²) < 4.78 is 69.8. The van der Waals surface area contributed by atoms with Crippen LogP contribution in [0.4, 0.5) is 18.9 Å². The SMILES string of the molecule is Cc1ccc(S(=O)(=O)N(CC(=O)N/N=C\c2cc(C)n(-c3cc(Cl)cc(Cl)c3)c2C)c2cccc(C(F)(F)F)c2)cc1. The Labute approximate surface area is 251 Å². The number of anilines is 1. The highest BCUT2D eigenvalue weighted by Gasteiger charge is 2.33. The van der Waals surface area contributed by atoms with E-state index < -0.39 is 34.2 Å². The van der Waals surface area contributed by atoms with Gasteiger partial charge in [0.2, 0.25) is 0 Å². The van der Waals surface area contributed by atoms with Crippen LogP contribution in [0.3, 0.4) is 0 Å². The zero-order valence-corrected chi connectivity index (χ0v) is 24.9. The van der Waals surface area contributed by atoms with Crippen molar-refractivity contribution >= 4 is 51.0 Å². The molecule has 0 atom stereocenters. The van der Waals surface area contributed by atoms with E-state index in [1.165, 1.54) is 24.4 Å². The van der Waals surface area contributed by atoms with Gasteiger partial charge in [-0.1, -0.05) is 47.0 Å². The van der Waals surface area contributed by atoms with E-state index in [9.17, 15) is 26.4 Å². The summed E-state index contributed by atoms with van der Waals surface area (Å²) in [5.41, 5.74) is 4.64. The Bertz CT molecular complexity index is 1750. The molecule has 0 aliphatic heterocycles. The summed E-state index contributed by atoms with van der Waals surface area (Å²) in [6, 6.07) is 16.4. The Kier molecular flexibility index (Phi) is 9.05. The number of halogens is 5. The molecule has 1 aromatic heterocycles. The van der Waals surface area contributed by atoms with E-state index in [2.05, 4.69) is 10.5 Å². The highest BCUT2D eigenvalue weighted by Crippen LogP contribution is 2.33. The molecule has 4 rings (SSSR count). The van der Waals surface area contributed by atoms with Crippen molar-refractivity contribution in [1.82, 2.24) is 9.99 Å². The fourth-order valence-electron chi connectivity index (χ4n) is 4.31. The Morgan fingerprint density at radius 3 is 2.24 bits per heavy atom. The van der Waals surface area contributed by atoms with E-state index in [4.69, 9.17) is 23.2 Å². The monoisotopic (exact) mass is 636 g/mol. The first-order valence-electron chi connectivity index (χ1n) is 12.4. The molecule has 0 aliphatic carbocycles. The molecule has 0 unspecified atom stereocenters. The number of sulfonamides is 1. The number of nitrogens with one attached hydrogen (secondary N) is 1. The summed E-state index contributed by atoms with van der Waals surface area (Å²) in [4.78, 5) is 12.7. The van der Waals surface area contributed by atoms with Gasteiger partial charge in [0, 0.05) is 32.7 Å². The number of rotatable bonds is 8. The van der Waals surface area contributed by atoms with E-state index >= 15 is 0 Å². The van der Waals surface area contributed by atoms with Gasteiger partial charge in [-0.05, 0) is 75.4 Å². The van der Waals surface area contributed by atoms with Gasteiger partial charge in [0.05, 0.1) is 22.4 Å². The molecule has 3 aromatic carbocycles. The molecule has 0 radical (unpaired) electrons. The maximum absolute atomic E-state index is 13.5. The predicted molar refractivity (Wildman–Crippen MR) is 158 cm³/mol. The van der Waals surface area contributed by atoms with Crippen molar-refractivity contribution in [2.75, 3.05) is 10.8 Å². The number of aryl methyl sites for hydroxylation is 2. The summed E-state index contributed by atoms with van der Waals surface area (Å²) in [5.74, 6) is -0.866. The number of benzene rings is 3. The highest BCUT2D eigenvalue weighted by atomic mass is 35.5. The van der Waals surface area contributed by atoms with Crippen molar-refractivity contribution in [3.8, 4) is 5.69 Å². The van der Waals surface area contributed by atoms with Crippen molar-refractivity contribution in [3.05, 3.63) is 111 Å². The fourth-order valence-corrected chi connectivity index (χ4v) is 6.24. The molecule has 7 nitrogen and oxygen atoms in total. The molecule has 0 aliphatic rings. The summed E-state index contributed by atoms with van der Waals surface area (Å²) in [6.45, 7) is 4.62. The van der Waals surface area contributed by atoms with Gasteiger partial charge < -0.3 is 4.57 Å². The van der Waals surface area contributed by atoms with Crippen molar-refractivity contribution < 1.29 is 26.4 Å². The molecule has 0 saturated carbocycles. The summed E-state index contributed by atoms with van der Waals surface area (Å²) in [5, 5.41) is 4.88. The van der Waals surface area contributed by atoms with E-state index in [-0.39, 0.29) is 10.6 Å². The van der Waals surface area contributed by atoms with E-state index in [1.54, 1.807) is 37.3 Å². The van der Waals surface area contributed by atoms with Crippen molar-refractivity contribution in [3.63, 3.8) is 0 Å². The van der Waals surface area contributed by atoms with Crippen LogP contribution >= 0.6 is 23.2 Å². The van der Waals surface area contributed by atoms with Crippen LogP contribution in [0.2, 0.25) is 10.0 Å². The van der Waals surface area contributed by atoms with E-state index in [0.717, 1.165) is 34.8 Å². The van der Waals surface area contributed by atoms with Gasteiger partial charge in [0.15, 0.2) is 0 Å². The average molecular weight is 638 g/mol. The third-order valence-corrected chi connectivity index (χ3v) is 8.55. The number of aromatic nitrogens is 1. The highest BCUT2D eigenvalue weighted by molar-refractivity contribution is 7.92. The second kappa shape index (κ2) is 12.2.